The Morgan fingerprint density at radius 3 is 2.79 bits per heavy atom. The van der Waals surface area contributed by atoms with Crippen molar-refractivity contribution in [1.29, 1.82) is 0 Å². The van der Waals surface area contributed by atoms with Gasteiger partial charge in [0.05, 0.1) is 18.9 Å². The number of hydrogen-bond acceptors (Lipinski definition) is 4. The van der Waals surface area contributed by atoms with Gasteiger partial charge in [-0.2, -0.15) is 0 Å². The minimum Gasteiger partial charge on any atom is -0.394 e. The molecule has 0 aliphatic carbocycles. The van der Waals surface area contributed by atoms with Crippen LogP contribution in [0.2, 0.25) is 0 Å². The Bertz CT molecular complexity index is 438. The number of carbonyl (C=O) groups excluding carboxylic acids is 1. The smallest absolute Gasteiger partial charge is 0.224 e. The summed E-state index contributed by atoms with van der Waals surface area (Å²) < 4.78 is 5.07. The van der Waals surface area contributed by atoms with Crippen LogP contribution in [0.3, 0.4) is 0 Å². The van der Waals surface area contributed by atoms with E-state index >= 15 is 0 Å². The summed E-state index contributed by atoms with van der Waals surface area (Å²) in [7, 11) is 0. The molecule has 0 spiro atoms. The molecule has 0 aromatic heterocycles. The van der Waals surface area contributed by atoms with Crippen LogP contribution in [0.1, 0.15) is 18.4 Å². The molecule has 0 unspecified atom stereocenters. The molecule has 0 aliphatic heterocycles. The maximum atomic E-state index is 11.7. The second kappa shape index (κ2) is 8.58. The van der Waals surface area contributed by atoms with Crippen molar-refractivity contribution in [3.05, 3.63) is 29.8 Å². The van der Waals surface area contributed by atoms with Crippen molar-refractivity contribution in [3.8, 4) is 0 Å². The van der Waals surface area contributed by atoms with Gasteiger partial charge in [-0.1, -0.05) is 24.4 Å². The van der Waals surface area contributed by atoms with E-state index < -0.39 is 0 Å². The number of aliphatic hydroxyl groups excluding tert-OH is 1. The Morgan fingerprint density at radius 1 is 1.37 bits per heavy atom. The Kier molecular flexibility index (Phi) is 7.02. The van der Waals surface area contributed by atoms with E-state index in [0.717, 1.165) is 0 Å². The molecule has 104 valence electrons. The third kappa shape index (κ3) is 5.78. The molecule has 1 aromatic carbocycles. The lowest BCUT2D eigenvalue weighted by atomic mass is 10.1. The highest BCUT2D eigenvalue weighted by Crippen LogP contribution is 2.15. The maximum absolute atomic E-state index is 11.7. The second-order valence-corrected chi connectivity index (χ2v) is 4.34. The van der Waals surface area contributed by atoms with Gasteiger partial charge in [0.15, 0.2) is 0 Å². The van der Waals surface area contributed by atoms with Gasteiger partial charge in [-0.15, -0.1) is 0 Å². The van der Waals surface area contributed by atoms with Crippen molar-refractivity contribution in [2.24, 2.45) is 5.73 Å². The van der Waals surface area contributed by atoms with Gasteiger partial charge >= 0.3 is 0 Å². The van der Waals surface area contributed by atoms with Crippen molar-refractivity contribution in [2.45, 2.75) is 12.8 Å². The Labute approximate surface area is 117 Å². The zero-order valence-electron chi connectivity index (χ0n) is 10.6. The molecular weight excluding hydrogens is 264 g/mol. The van der Waals surface area contributed by atoms with Gasteiger partial charge in [-0.3, -0.25) is 4.79 Å². The summed E-state index contributed by atoms with van der Waals surface area (Å²) in [5.74, 6) is -0.115. The van der Waals surface area contributed by atoms with Gasteiger partial charge in [-0.25, -0.2) is 0 Å². The van der Waals surface area contributed by atoms with Crippen LogP contribution < -0.4 is 11.1 Å². The third-order valence-corrected chi connectivity index (χ3v) is 2.61. The second-order valence-electron chi connectivity index (χ2n) is 3.90. The van der Waals surface area contributed by atoms with E-state index in [2.05, 4.69) is 5.32 Å². The highest BCUT2D eigenvalue weighted by molar-refractivity contribution is 7.80. The molecule has 0 saturated carbocycles. The number of benzene rings is 1. The fourth-order valence-corrected chi connectivity index (χ4v) is 1.70. The Balaban J connectivity index is 2.42. The molecule has 0 heterocycles. The molecule has 5 nitrogen and oxygen atoms in total. The average molecular weight is 282 g/mol. The van der Waals surface area contributed by atoms with Gasteiger partial charge in [-0.05, 0) is 18.6 Å². The molecule has 1 amide bonds. The zero-order chi connectivity index (χ0) is 14.1. The van der Waals surface area contributed by atoms with Gasteiger partial charge < -0.3 is 20.9 Å². The van der Waals surface area contributed by atoms with Gasteiger partial charge in [0.1, 0.15) is 4.99 Å². The number of ether oxygens (including phenoxy) is 1. The van der Waals surface area contributed by atoms with Gasteiger partial charge in [0.2, 0.25) is 5.91 Å². The molecule has 0 saturated heterocycles. The number of carbonyl (C=O) groups is 1. The first-order valence-electron chi connectivity index (χ1n) is 6.02. The number of thiocarbonyl (C=S) groups is 1. The van der Waals surface area contributed by atoms with Crippen LogP contribution >= 0.6 is 12.2 Å². The zero-order valence-corrected chi connectivity index (χ0v) is 11.4. The van der Waals surface area contributed by atoms with E-state index in [0.29, 0.717) is 37.3 Å². The molecular formula is C13H18N2O3S. The molecule has 19 heavy (non-hydrogen) atoms. The molecule has 4 N–H and O–H groups in total. The van der Waals surface area contributed by atoms with E-state index in [1.807, 2.05) is 12.1 Å². The minimum absolute atomic E-state index is 0.00643. The lowest BCUT2D eigenvalue weighted by molar-refractivity contribution is -0.116. The fourth-order valence-electron chi connectivity index (χ4n) is 1.52. The molecule has 1 rings (SSSR count). The Morgan fingerprint density at radius 2 is 2.11 bits per heavy atom. The summed E-state index contributed by atoms with van der Waals surface area (Å²) in [5.41, 5.74) is 6.86. The van der Waals surface area contributed by atoms with Crippen LogP contribution in [0.4, 0.5) is 5.69 Å². The van der Waals surface area contributed by atoms with Crippen molar-refractivity contribution in [1.82, 2.24) is 0 Å². The number of para-hydroxylation sites is 1. The van der Waals surface area contributed by atoms with E-state index in [1.54, 1.807) is 12.1 Å². The van der Waals surface area contributed by atoms with E-state index in [4.69, 9.17) is 27.8 Å². The first kappa shape index (κ1) is 15.6. The van der Waals surface area contributed by atoms with E-state index in [-0.39, 0.29) is 17.5 Å². The number of nitrogens with two attached hydrogens (primary N) is 1. The highest BCUT2D eigenvalue weighted by Gasteiger charge is 2.07. The monoisotopic (exact) mass is 282 g/mol. The number of hydrogen-bond donors (Lipinski definition) is 3. The fraction of sp³-hybridized carbons (Fsp3) is 0.385. The lowest BCUT2D eigenvalue weighted by Gasteiger charge is -2.09. The molecule has 0 bridgehead atoms. The van der Waals surface area contributed by atoms with Crippen LogP contribution in [-0.2, 0) is 9.53 Å². The van der Waals surface area contributed by atoms with Crippen molar-refractivity contribution >= 4 is 28.8 Å². The quantitative estimate of drug-likeness (QED) is 0.490. The molecule has 0 atom stereocenters. The number of nitrogens with one attached hydrogen (secondary N) is 1. The predicted molar refractivity (Wildman–Crippen MR) is 78.1 cm³/mol. The van der Waals surface area contributed by atoms with Crippen LogP contribution in [0.15, 0.2) is 24.3 Å². The lowest BCUT2D eigenvalue weighted by Crippen LogP contribution is -2.17. The van der Waals surface area contributed by atoms with Crippen LogP contribution in [0.25, 0.3) is 0 Å². The van der Waals surface area contributed by atoms with Crippen LogP contribution in [0, 0.1) is 0 Å². The molecule has 0 fully saturated rings. The van der Waals surface area contributed by atoms with Gasteiger partial charge in [0, 0.05) is 18.6 Å². The number of rotatable bonds is 8. The first-order chi connectivity index (χ1) is 9.15. The summed E-state index contributed by atoms with van der Waals surface area (Å²) in [6.45, 7) is 0.740. The number of aliphatic hydroxyl groups is 1. The summed E-state index contributed by atoms with van der Waals surface area (Å²) in [4.78, 5) is 12.0. The van der Waals surface area contributed by atoms with Crippen molar-refractivity contribution in [2.75, 3.05) is 25.1 Å². The highest BCUT2D eigenvalue weighted by atomic mass is 32.1. The largest absolute Gasteiger partial charge is 0.394 e. The number of amides is 1. The minimum atomic E-state index is -0.115. The summed E-state index contributed by atoms with van der Waals surface area (Å²) >= 11 is 4.92. The Hall–Kier alpha value is -1.50. The summed E-state index contributed by atoms with van der Waals surface area (Å²) in [5, 5.41) is 11.3. The SMILES string of the molecule is NC(=S)c1ccccc1NC(=O)CCCOCCO. The standard InChI is InChI=1S/C13H18N2O3S/c14-13(19)10-4-1-2-5-11(10)15-12(17)6-3-8-18-9-7-16/h1-2,4-5,16H,3,6-9H2,(H2,14,19)(H,15,17). The van der Waals surface area contributed by atoms with Crippen LogP contribution in [-0.4, -0.2) is 35.8 Å². The third-order valence-electron chi connectivity index (χ3n) is 2.39. The normalized spacial score (nSPS) is 10.2. The predicted octanol–water partition coefficient (Wildman–Crippen LogP) is 1.05. The van der Waals surface area contributed by atoms with Gasteiger partial charge in [0.25, 0.3) is 0 Å². The van der Waals surface area contributed by atoms with Crippen LogP contribution in [0.5, 0.6) is 0 Å². The topological polar surface area (TPSA) is 84.6 Å². The number of anilines is 1. The summed E-state index contributed by atoms with van der Waals surface area (Å²) in [6.07, 6.45) is 0.943. The van der Waals surface area contributed by atoms with Crippen molar-refractivity contribution < 1.29 is 14.6 Å². The molecule has 0 aliphatic rings. The van der Waals surface area contributed by atoms with E-state index in [9.17, 15) is 4.79 Å². The molecule has 1 aromatic rings. The molecule has 6 heteroatoms. The summed E-state index contributed by atoms with van der Waals surface area (Å²) in [6, 6.07) is 7.14. The first-order valence-corrected chi connectivity index (χ1v) is 6.43. The van der Waals surface area contributed by atoms with Crippen molar-refractivity contribution in [3.63, 3.8) is 0 Å². The average Bonchev–Trinajstić information content (AvgIpc) is 2.39. The van der Waals surface area contributed by atoms with E-state index in [1.165, 1.54) is 0 Å². The maximum Gasteiger partial charge on any atom is 0.224 e. The molecule has 0 radical (unpaired) electrons.